The minimum absolute atomic E-state index is 0.844. The topological polar surface area (TPSA) is 6.48 Å². The standard InChI is InChI=1S/C9H20N2.C2H6/c1-4-11(3)9-5-7-10(2)8-6-9;1-2/h9H,4-8H2,1-3H3;1-2H3. The minimum Gasteiger partial charge on any atom is -0.306 e. The summed E-state index contributed by atoms with van der Waals surface area (Å²) in [5, 5.41) is 0. The van der Waals surface area contributed by atoms with Crippen LogP contribution in [0.25, 0.3) is 0 Å². The molecule has 80 valence electrons. The number of likely N-dealkylation sites (tertiary alicyclic amines) is 1. The summed E-state index contributed by atoms with van der Waals surface area (Å²) in [4.78, 5) is 4.88. The number of hydrogen-bond acceptors (Lipinski definition) is 2. The predicted octanol–water partition coefficient (Wildman–Crippen LogP) is 2.06. The van der Waals surface area contributed by atoms with Gasteiger partial charge in [-0.3, -0.25) is 0 Å². The molecule has 0 unspecified atom stereocenters. The van der Waals surface area contributed by atoms with Crippen LogP contribution in [-0.4, -0.2) is 49.6 Å². The van der Waals surface area contributed by atoms with Crippen molar-refractivity contribution in [1.82, 2.24) is 9.80 Å². The Balaban J connectivity index is 0.000000671. The van der Waals surface area contributed by atoms with Gasteiger partial charge in [-0.05, 0) is 46.6 Å². The molecule has 1 rings (SSSR count). The fraction of sp³-hybridized carbons (Fsp3) is 1.00. The fourth-order valence-electron chi connectivity index (χ4n) is 1.69. The highest BCUT2D eigenvalue weighted by Gasteiger charge is 2.18. The normalized spacial score (nSPS) is 19.8. The van der Waals surface area contributed by atoms with E-state index in [4.69, 9.17) is 0 Å². The summed E-state index contributed by atoms with van der Waals surface area (Å²) in [6.07, 6.45) is 2.70. The molecule has 1 aliphatic heterocycles. The van der Waals surface area contributed by atoms with E-state index in [9.17, 15) is 0 Å². The first kappa shape index (κ1) is 12.9. The van der Waals surface area contributed by atoms with E-state index >= 15 is 0 Å². The maximum Gasteiger partial charge on any atom is 0.0116 e. The number of piperidine rings is 1. The average Bonchev–Trinajstić information content (AvgIpc) is 2.21. The maximum atomic E-state index is 2.47. The number of rotatable bonds is 2. The van der Waals surface area contributed by atoms with E-state index in [0.717, 1.165) is 6.04 Å². The SMILES string of the molecule is CC.CCN(C)C1CCN(C)CC1. The first-order chi connectivity index (χ1) is 6.24. The Morgan fingerprint density at radius 3 is 2.08 bits per heavy atom. The zero-order valence-corrected chi connectivity index (χ0v) is 10.0. The Labute approximate surface area is 83.9 Å². The van der Waals surface area contributed by atoms with Crippen LogP contribution in [0.5, 0.6) is 0 Å². The third-order valence-corrected chi connectivity index (χ3v) is 2.81. The Bertz CT molecular complexity index is 107. The largest absolute Gasteiger partial charge is 0.306 e. The molecule has 0 aromatic rings. The van der Waals surface area contributed by atoms with Gasteiger partial charge in [-0.25, -0.2) is 0 Å². The van der Waals surface area contributed by atoms with Gasteiger partial charge in [0.2, 0.25) is 0 Å². The lowest BCUT2D eigenvalue weighted by Crippen LogP contribution is -2.41. The maximum absolute atomic E-state index is 2.47. The first-order valence-corrected chi connectivity index (χ1v) is 5.62. The van der Waals surface area contributed by atoms with Crippen LogP contribution in [-0.2, 0) is 0 Å². The molecule has 0 aliphatic carbocycles. The zero-order chi connectivity index (χ0) is 10.3. The van der Waals surface area contributed by atoms with Crippen molar-refractivity contribution >= 4 is 0 Å². The van der Waals surface area contributed by atoms with Crippen molar-refractivity contribution in [1.29, 1.82) is 0 Å². The van der Waals surface area contributed by atoms with Crippen LogP contribution >= 0.6 is 0 Å². The van der Waals surface area contributed by atoms with Crippen LogP contribution in [0.15, 0.2) is 0 Å². The molecule has 2 nitrogen and oxygen atoms in total. The van der Waals surface area contributed by atoms with Gasteiger partial charge < -0.3 is 9.80 Å². The second kappa shape index (κ2) is 7.34. The van der Waals surface area contributed by atoms with Crippen LogP contribution in [0.3, 0.4) is 0 Å². The van der Waals surface area contributed by atoms with E-state index in [1.807, 2.05) is 13.8 Å². The van der Waals surface area contributed by atoms with Gasteiger partial charge in [0.05, 0.1) is 0 Å². The lowest BCUT2D eigenvalue weighted by Gasteiger charge is -2.34. The second-order valence-corrected chi connectivity index (χ2v) is 3.61. The predicted molar refractivity (Wildman–Crippen MR) is 60.2 cm³/mol. The molecular weight excluding hydrogens is 160 g/mol. The average molecular weight is 186 g/mol. The summed E-state index contributed by atoms with van der Waals surface area (Å²) < 4.78 is 0. The Morgan fingerprint density at radius 1 is 1.23 bits per heavy atom. The summed E-state index contributed by atoms with van der Waals surface area (Å²) in [7, 11) is 4.44. The smallest absolute Gasteiger partial charge is 0.0116 e. The molecule has 0 atom stereocenters. The van der Waals surface area contributed by atoms with E-state index in [1.54, 1.807) is 0 Å². The van der Waals surface area contributed by atoms with Crippen LogP contribution in [0.1, 0.15) is 33.6 Å². The minimum atomic E-state index is 0.844. The Hall–Kier alpha value is -0.0800. The lowest BCUT2D eigenvalue weighted by atomic mass is 10.0. The van der Waals surface area contributed by atoms with Crippen molar-refractivity contribution in [2.24, 2.45) is 0 Å². The molecule has 13 heavy (non-hydrogen) atoms. The van der Waals surface area contributed by atoms with Crippen molar-refractivity contribution in [2.45, 2.75) is 39.7 Å². The summed E-state index contributed by atoms with van der Waals surface area (Å²) in [5.74, 6) is 0. The summed E-state index contributed by atoms with van der Waals surface area (Å²) in [6.45, 7) is 9.97. The summed E-state index contributed by atoms with van der Waals surface area (Å²) in [5.41, 5.74) is 0. The molecule has 1 fully saturated rings. The molecule has 0 aromatic carbocycles. The molecule has 0 aromatic heterocycles. The monoisotopic (exact) mass is 186 g/mol. The van der Waals surface area contributed by atoms with Crippen molar-refractivity contribution in [3.63, 3.8) is 0 Å². The molecule has 2 heteroatoms. The van der Waals surface area contributed by atoms with E-state index in [1.165, 1.54) is 32.5 Å². The van der Waals surface area contributed by atoms with E-state index in [2.05, 4.69) is 30.8 Å². The Kier molecular flexibility index (Phi) is 7.29. The van der Waals surface area contributed by atoms with Gasteiger partial charge in [0.25, 0.3) is 0 Å². The molecule has 1 saturated heterocycles. The molecule has 1 heterocycles. The van der Waals surface area contributed by atoms with Gasteiger partial charge >= 0.3 is 0 Å². The van der Waals surface area contributed by atoms with E-state index < -0.39 is 0 Å². The fourth-order valence-corrected chi connectivity index (χ4v) is 1.69. The van der Waals surface area contributed by atoms with Crippen molar-refractivity contribution < 1.29 is 0 Å². The van der Waals surface area contributed by atoms with Crippen molar-refractivity contribution in [2.75, 3.05) is 33.7 Å². The highest BCUT2D eigenvalue weighted by molar-refractivity contribution is 4.75. The van der Waals surface area contributed by atoms with Crippen LogP contribution in [0.2, 0.25) is 0 Å². The van der Waals surface area contributed by atoms with Gasteiger partial charge in [-0.1, -0.05) is 20.8 Å². The number of nitrogens with zero attached hydrogens (tertiary/aromatic N) is 2. The molecule has 0 N–H and O–H groups in total. The second-order valence-electron chi connectivity index (χ2n) is 3.61. The molecule has 0 amide bonds. The molecule has 0 spiro atoms. The summed E-state index contributed by atoms with van der Waals surface area (Å²) in [6, 6.07) is 0.844. The van der Waals surface area contributed by atoms with Crippen molar-refractivity contribution in [3.05, 3.63) is 0 Å². The lowest BCUT2D eigenvalue weighted by molar-refractivity contribution is 0.149. The molecule has 1 aliphatic rings. The van der Waals surface area contributed by atoms with Gasteiger partial charge in [0.1, 0.15) is 0 Å². The van der Waals surface area contributed by atoms with Crippen LogP contribution in [0, 0.1) is 0 Å². The van der Waals surface area contributed by atoms with Gasteiger partial charge in [-0.2, -0.15) is 0 Å². The van der Waals surface area contributed by atoms with Gasteiger partial charge in [0, 0.05) is 6.04 Å². The van der Waals surface area contributed by atoms with Crippen LogP contribution in [0.4, 0.5) is 0 Å². The molecule has 0 saturated carbocycles. The van der Waals surface area contributed by atoms with E-state index in [0.29, 0.717) is 0 Å². The van der Waals surface area contributed by atoms with Crippen LogP contribution < -0.4 is 0 Å². The quantitative estimate of drug-likeness (QED) is 0.651. The Morgan fingerprint density at radius 2 is 1.69 bits per heavy atom. The molecule has 0 bridgehead atoms. The zero-order valence-electron chi connectivity index (χ0n) is 10.0. The third kappa shape index (κ3) is 4.63. The highest BCUT2D eigenvalue weighted by atomic mass is 15.2. The highest BCUT2D eigenvalue weighted by Crippen LogP contribution is 2.13. The summed E-state index contributed by atoms with van der Waals surface area (Å²) >= 11 is 0. The van der Waals surface area contributed by atoms with Gasteiger partial charge in [-0.15, -0.1) is 0 Å². The first-order valence-electron chi connectivity index (χ1n) is 5.62. The molecular formula is C11H26N2. The van der Waals surface area contributed by atoms with Crippen molar-refractivity contribution in [3.8, 4) is 0 Å². The van der Waals surface area contributed by atoms with Gasteiger partial charge in [0.15, 0.2) is 0 Å². The van der Waals surface area contributed by atoms with E-state index in [-0.39, 0.29) is 0 Å². The third-order valence-electron chi connectivity index (χ3n) is 2.81. The number of hydrogen-bond donors (Lipinski definition) is 0. The molecule has 0 radical (unpaired) electrons.